The molecule has 0 spiro atoms. The van der Waals surface area contributed by atoms with Gasteiger partial charge in [0.25, 0.3) is 0 Å². The molecule has 0 bridgehead atoms. The third-order valence-electron chi connectivity index (χ3n) is 5.96. The first-order chi connectivity index (χ1) is 15.1. The highest BCUT2D eigenvalue weighted by molar-refractivity contribution is 7.13. The molecule has 31 heavy (non-hydrogen) atoms. The molecular formula is C24H24N4O2S. The molecule has 3 heterocycles. The van der Waals surface area contributed by atoms with Gasteiger partial charge in [0.1, 0.15) is 5.01 Å². The molecule has 1 amide bonds. The third kappa shape index (κ3) is 3.93. The van der Waals surface area contributed by atoms with E-state index in [-0.39, 0.29) is 17.6 Å². The van der Waals surface area contributed by atoms with Crippen molar-refractivity contribution in [1.82, 2.24) is 19.4 Å². The summed E-state index contributed by atoms with van der Waals surface area (Å²) in [5.74, 6) is 0.103. The molecule has 1 saturated heterocycles. The van der Waals surface area contributed by atoms with Crippen molar-refractivity contribution in [3.05, 3.63) is 75.7 Å². The van der Waals surface area contributed by atoms with Gasteiger partial charge in [-0.2, -0.15) is 0 Å². The highest BCUT2D eigenvalue weighted by atomic mass is 32.1. The highest BCUT2D eigenvalue weighted by Crippen LogP contribution is 2.27. The molecule has 4 aromatic rings. The number of carbonyl (C=O) groups is 1. The summed E-state index contributed by atoms with van der Waals surface area (Å²) in [4.78, 5) is 34.8. The first kappa shape index (κ1) is 19.8. The molecule has 0 aliphatic carbocycles. The second-order valence-electron chi connectivity index (χ2n) is 8.12. The smallest absolute Gasteiger partial charge is 0.326 e. The molecule has 0 radical (unpaired) electrons. The predicted molar refractivity (Wildman–Crippen MR) is 123 cm³/mol. The van der Waals surface area contributed by atoms with Gasteiger partial charge >= 0.3 is 5.69 Å². The van der Waals surface area contributed by atoms with Gasteiger partial charge in [-0.1, -0.05) is 35.9 Å². The topological polar surface area (TPSA) is 71.0 Å². The van der Waals surface area contributed by atoms with Crippen molar-refractivity contribution < 1.29 is 4.79 Å². The Hall–Kier alpha value is -3.19. The van der Waals surface area contributed by atoms with E-state index in [4.69, 9.17) is 0 Å². The minimum Gasteiger partial charge on any atom is -0.342 e. The van der Waals surface area contributed by atoms with Gasteiger partial charge in [-0.05, 0) is 38.0 Å². The first-order valence-electron chi connectivity index (χ1n) is 10.6. The van der Waals surface area contributed by atoms with E-state index in [1.807, 2.05) is 45.2 Å². The summed E-state index contributed by atoms with van der Waals surface area (Å²) < 4.78 is 1.85. The Bertz CT molecular complexity index is 1290. The number of imidazole rings is 1. The Morgan fingerprint density at radius 2 is 1.97 bits per heavy atom. The quantitative estimate of drug-likeness (QED) is 0.526. The van der Waals surface area contributed by atoms with Gasteiger partial charge in [0.05, 0.1) is 23.1 Å². The molecule has 2 aromatic heterocycles. The van der Waals surface area contributed by atoms with E-state index in [2.05, 4.69) is 35.1 Å². The van der Waals surface area contributed by atoms with Crippen molar-refractivity contribution in [3.8, 4) is 10.6 Å². The average Bonchev–Trinajstić information content (AvgIpc) is 3.37. The number of aromatic amines is 1. The van der Waals surface area contributed by atoms with Crippen LogP contribution in [0, 0.1) is 6.92 Å². The van der Waals surface area contributed by atoms with Gasteiger partial charge in [0.15, 0.2) is 0 Å². The molecule has 7 heteroatoms. The highest BCUT2D eigenvalue weighted by Gasteiger charge is 2.26. The van der Waals surface area contributed by atoms with E-state index < -0.39 is 0 Å². The Kier molecular flexibility index (Phi) is 5.19. The van der Waals surface area contributed by atoms with Gasteiger partial charge in [-0.15, -0.1) is 11.3 Å². The Morgan fingerprint density at radius 1 is 1.16 bits per heavy atom. The normalized spacial score (nSPS) is 14.9. The van der Waals surface area contributed by atoms with Crippen LogP contribution in [-0.4, -0.2) is 38.4 Å². The summed E-state index contributed by atoms with van der Waals surface area (Å²) in [6.07, 6.45) is 1.87. The second-order valence-corrected chi connectivity index (χ2v) is 8.98. The number of likely N-dealkylation sites (tertiary alicyclic amines) is 1. The van der Waals surface area contributed by atoms with Crippen LogP contribution in [0.3, 0.4) is 0 Å². The van der Waals surface area contributed by atoms with E-state index >= 15 is 0 Å². The van der Waals surface area contributed by atoms with Crippen LogP contribution in [0.4, 0.5) is 0 Å². The summed E-state index contributed by atoms with van der Waals surface area (Å²) >= 11 is 1.58. The number of piperidine rings is 1. The number of fused-ring (bicyclic) bond motifs is 1. The van der Waals surface area contributed by atoms with Crippen LogP contribution in [0.1, 0.15) is 30.1 Å². The summed E-state index contributed by atoms with van der Waals surface area (Å²) in [7, 11) is 0. The fraction of sp³-hybridized carbons (Fsp3) is 0.292. The standard InChI is InChI=1S/C24H24N4O2S/c1-16-5-4-6-17(13-16)23-25-18(15-31-23)14-22(29)27-11-9-19(10-12-27)28-21-8-3-2-7-20(21)26-24(28)30/h2-8,13,15,19H,9-12,14H2,1H3,(H,26,30). The first-order valence-corrected chi connectivity index (χ1v) is 11.4. The second kappa shape index (κ2) is 8.15. The van der Waals surface area contributed by atoms with Gasteiger partial charge in [-0.25, -0.2) is 9.78 Å². The van der Waals surface area contributed by atoms with Gasteiger partial charge < -0.3 is 9.88 Å². The van der Waals surface area contributed by atoms with Crippen molar-refractivity contribution in [1.29, 1.82) is 0 Å². The fourth-order valence-corrected chi connectivity index (χ4v) is 5.19. The average molecular weight is 433 g/mol. The lowest BCUT2D eigenvalue weighted by Gasteiger charge is -2.32. The zero-order chi connectivity index (χ0) is 21.4. The molecular weight excluding hydrogens is 408 g/mol. The molecule has 158 valence electrons. The summed E-state index contributed by atoms with van der Waals surface area (Å²) in [5, 5.41) is 2.93. The number of nitrogens with one attached hydrogen (secondary N) is 1. The summed E-state index contributed by atoms with van der Waals surface area (Å²) in [6.45, 7) is 3.38. The number of rotatable bonds is 4. The largest absolute Gasteiger partial charge is 0.342 e. The van der Waals surface area contributed by atoms with Crippen molar-refractivity contribution in [2.24, 2.45) is 0 Å². The maximum atomic E-state index is 12.9. The molecule has 5 rings (SSSR count). The molecule has 1 N–H and O–H groups in total. The maximum Gasteiger partial charge on any atom is 0.326 e. The van der Waals surface area contributed by atoms with Crippen LogP contribution in [0.15, 0.2) is 58.7 Å². The number of amides is 1. The third-order valence-corrected chi connectivity index (χ3v) is 6.90. The minimum absolute atomic E-state index is 0.0721. The van der Waals surface area contributed by atoms with Crippen molar-refractivity contribution in [3.63, 3.8) is 0 Å². The molecule has 0 saturated carbocycles. The maximum absolute atomic E-state index is 12.9. The number of aromatic nitrogens is 3. The number of para-hydroxylation sites is 2. The summed E-state index contributed by atoms with van der Waals surface area (Å²) in [6, 6.07) is 16.1. The molecule has 0 atom stereocenters. The van der Waals surface area contributed by atoms with Gasteiger partial charge in [-0.3, -0.25) is 9.36 Å². The molecule has 0 unspecified atom stereocenters. The van der Waals surface area contributed by atoms with Crippen LogP contribution >= 0.6 is 11.3 Å². The fourth-order valence-electron chi connectivity index (χ4n) is 4.38. The van der Waals surface area contributed by atoms with Gasteiger partial charge in [0.2, 0.25) is 5.91 Å². The van der Waals surface area contributed by atoms with Gasteiger partial charge in [0, 0.05) is 30.1 Å². The monoisotopic (exact) mass is 432 g/mol. The number of H-pyrrole nitrogens is 1. The van der Waals surface area contributed by atoms with E-state index in [1.165, 1.54) is 5.56 Å². The zero-order valence-electron chi connectivity index (χ0n) is 17.4. The number of benzene rings is 2. The number of hydrogen-bond acceptors (Lipinski definition) is 4. The Balaban J connectivity index is 1.24. The lowest BCUT2D eigenvalue weighted by atomic mass is 10.0. The predicted octanol–water partition coefficient (Wildman–Crippen LogP) is 4.17. The van der Waals surface area contributed by atoms with E-state index in [0.717, 1.165) is 40.1 Å². The van der Waals surface area contributed by atoms with Crippen LogP contribution in [0.5, 0.6) is 0 Å². The lowest BCUT2D eigenvalue weighted by molar-refractivity contribution is -0.131. The number of aryl methyl sites for hydroxylation is 1. The molecule has 6 nitrogen and oxygen atoms in total. The van der Waals surface area contributed by atoms with Crippen molar-refractivity contribution in [2.75, 3.05) is 13.1 Å². The van der Waals surface area contributed by atoms with Crippen molar-refractivity contribution in [2.45, 2.75) is 32.2 Å². The number of nitrogens with zero attached hydrogens (tertiary/aromatic N) is 3. The number of thiazole rings is 1. The van der Waals surface area contributed by atoms with E-state index in [9.17, 15) is 9.59 Å². The SMILES string of the molecule is Cc1cccc(-c2nc(CC(=O)N3CCC(n4c(=O)[nH]c5ccccc54)CC3)cs2)c1. The lowest BCUT2D eigenvalue weighted by Crippen LogP contribution is -2.41. The molecule has 1 aliphatic rings. The van der Waals surface area contributed by atoms with Crippen LogP contribution in [-0.2, 0) is 11.2 Å². The Labute approximate surface area is 184 Å². The van der Waals surface area contributed by atoms with E-state index in [1.54, 1.807) is 11.3 Å². The number of carbonyl (C=O) groups excluding carboxylic acids is 1. The summed E-state index contributed by atoms with van der Waals surface area (Å²) in [5.41, 5.74) is 4.83. The van der Waals surface area contributed by atoms with E-state index in [0.29, 0.717) is 19.5 Å². The van der Waals surface area contributed by atoms with Crippen molar-refractivity contribution >= 4 is 28.3 Å². The van der Waals surface area contributed by atoms with Crippen LogP contribution in [0.25, 0.3) is 21.6 Å². The zero-order valence-corrected chi connectivity index (χ0v) is 18.2. The number of hydrogen-bond donors (Lipinski definition) is 1. The Morgan fingerprint density at radius 3 is 2.77 bits per heavy atom. The van der Waals surface area contributed by atoms with Crippen LogP contribution in [0.2, 0.25) is 0 Å². The molecule has 2 aromatic carbocycles. The van der Waals surface area contributed by atoms with Crippen LogP contribution < -0.4 is 5.69 Å². The minimum atomic E-state index is -0.0721. The molecule has 1 fully saturated rings. The molecule has 1 aliphatic heterocycles.